The minimum atomic E-state index is 0.365. The van der Waals surface area contributed by atoms with E-state index in [4.69, 9.17) is 5.73 Å². The molecule has 0 saturated carbocycles. The maximum Gasteiger partial charge on any atom is 0.0459 e. The molecule has 0 aliphatic heterocycles. The van der Waals surface area contributed by atoms with Gasteiger partial charge < -0.3 is 11.1 Å². The van der Waals surface area contributed by atoms with Crippen molar-refractivity contribution in [3.05, 3.63) is 51.7 Å². The standard InChI is InChI=1S/C16H22N2S/c1-3-9-18-15(16-12(2)8-10-19-16)11-13-6-4-5-7-14(13)17/h4-8,10,15,18H,3,9,11,17H2,1-2H3. The van der Waals surface area contributed by atoms with Gasteiger partial charge in [0.1, 0.15) is 0 Å². The van der Waals surface area contributed by atoms with Crippen molar-refractivity contribution in [2.24, 2.45) is 0 Å². The molecule has 19 heavy (non-hydrogen) atoms. The van der Waals surface area contributed by atoms with Gasteiger partial charge in [0.25, 0.3) is 0 Å². The number of para-hydroxylation sites is 1. The predicted octanol–water partition coefficient (Wildman–Crippen LogP) is 3.92. The maximum absolute atomic E-state index is 6.06. The van der Waals surface area contributed by atoms with Crippen molar-refractivity contribution in [2.75, 3.05) is 12.3 Å². The number of hydrogen-bond donors (Lipinski definition) is 2. The van der Waals surface area contributed by atoms with E-state index < -0.39 is 0 Å². The van der Waals surface area contributed by atoms with Gasteiger partial charge in [-0.2, -0.15) is 0 Å². The van der Waals surface area contributed by atoms with Gasteiger partial charge in [-0.25, -0.2) is 0 Å². The molecule has 102 valence electrons. The van der Waals surface area contributed by atoms with Crippen molar-refractivity contribution in [3.63, 3.8) is 0 Å². The van der Waals surface area contributed by atoms with Crippen molar-refractivity contribution in [2.45, 2.75) is 32.7 Å². The lowest BCUT2D eigenvalue weighted by Crippen LogP contribution is -2.24. The molecule has 0 spiro atoms. The van der Waals surface area contributed by atoms with Gasteiger partial charge in [-0.1, -0.05) is 25.1 Å². The molecule has 3 heteroatoms. The van der Waals surface area contributed by atoms with Crippen molar-refractivity contribution in [1.29, 1.82) is 0 Å². The second-order valence-corrected chi connectivity index (χ2v) is 5.83. The summed E-state index contributed by atoms with van der Waals surface area (Å²) in [6.07, 6.45) is 2.10. The van der Waals surface area contributed by atoms with Crippen LogP contribution in [-0.2, 0) is 6.42 Å². The highest BCUT2D eigenvalue weighted by Gasteiger charge is 2.16. The number of nitrogens with one attached hydrogen (secondary N) is 1. The molecule has 1 atom stereocenters. The molecule has 0 bridgehead atoms. The molecule has 0 radical (unpaired) electrons. The smallest absolute Gasteiger partial charge is 0.0459 e. The van der Waals surface area contributed by atoms with Crippen LogP contribution >= 0.6 is 11.3 Å². The molecule has 2 nitrogen and oxygen atoms in total. The first kappa shape index (κ1) is 14.1. The summed E-state index contributed by atoms with van der Waals surface area (Å²) in [5.74, 6) is 0. The topological polar surface area (TPSA) is 38.0 Å². The second-order valence-electron chi connectivity index (χ2n) is 4.88. The van der Waals surface area contributed by atoms with E-state index in [1.165, 1.54) is 16.0 Å². The van der Waals surface area contributed by atoms with Crippen molar-refractivity contribution in [3.8, 4) is 0 Å². The molecule has 0 saturated heterocycles. The van der Waals surface area contributed by atoms with Crippen molar-refractivity contribution >= 4 is 17.0 Å². The third kappa shape index (κ3) is 3.58. The molecule has 1 unspecified atom stereocenters. The average molecular weight is 274 g/mol. The Morgan fingerprint density at radius 1 is 1.26 bits per heavy atom. The van der Waals surface area contributed by atoms with Gasteiger partial charge in [0.15, 0.2) is 0 Å². The zero-order chi connectivity index (χ0) is 13.7. The molecule has 1 aromatic carbocycles. The Morgan fingerprint density at radius 2 is 2.05 bits per heavy atom. The Kier molecular flexibility index (Phi) is 5.00. The van der Waals surface area contributed by atoms with Crippen LogP contribution in [0.25, 0.3) is 0 Å². The largest absolute Gasteiger partial charge is 0.399 e. The highest BCUT2D eigenvalue weighted by molar-refractivity contribution is 7.10. The van der Waals surface area contributed by atoms with Gasteiger partial charge >= 0.3 is 0 Å². The molecule has 3 N–H and O–H groups in total. The Balaban J connectivity index is 2.19. The quantitative estimate of drug-likeness (QED) is 0.783. The van der Waals surface area contributed by atoms with Crippen LogP contribution in [0.15, 0.2) is 35.7 Å². The van der Waals surface area contributed by atoms with E-state index in [1.807, 2.05) is 23.5 Å². The van der Waals surface area contributed by atoms with Crippen LogP contribution in [-0.4, -0.2) is 6.54 Å². The predicted molar refractivity (Wildman–Crippen MR) is 84.6 cm³/mol. The fraction of sp³-hybridized carbons (Fsp3) is 0.375. The van der Waals surface area contributed by atoms with Gasteiger partial charge in [0.05, 0.1) is 0 Å². The first-order valence-corrected chi connectivity index (χ1v) is 7.71. The number of nitrogens with two attached hydrogens (primary N) is 1. The Hall–Kier alpha value is -1.32. The highest BCUT2D eigenvalue weighted by atomic mass is 32.1. The fourth-order valence-electron chi connectivity index (χ4n) is 2.26. The maximum atomic E-state index is 6.06. The summed E-state index contributed by atoms with van der Waals surface area (Å²) in [4.78, 5) is 1.43. The van der Waals surface area contributed by atoms with E-state index in [2.05, 4.69) is 42.7 Å². The third-order valence-corrected chi connectivity index (χ3v) is 4.47. The summed E-state index contributed by atoms with van der Waals surface area (Å²) in [6, 6.07) is 10.7. The molecular formula is C16H22N2S. The van der Waals surface area contributed by atoms with E-state index in [1.54, 1.807) is 0 Å². The highest BCUT2D eigenvalue weighted by Crippen LogP contribution is 2.28. The fourth-order valence-corrected chi connectivity index (χ4v) is 3.26. The van der Waals surface area contributed by atoms with Crippen LogP contribution < -0.4 is 11.1 Å². The normalized spacial score (nSPS) is 12.5. The number of thiophene rings is 1. The van der Waals surface area contributed by atoms with Crippen LogP contribution in [0.4, 0.5) is 5.69 Å². The van der Waals surface area contributed by atoms with Crippen molar-refractivity contribution in [1.82, 2.24) is 5.32 Å². The lowest BCUT2D eigenvalue weighted by atomic mass is 10.0. The molecule has 1 aromatic heterocycles. The molecule has 2 rings (SSSR count). The van der Waals surface area contributed by atoms with Crippen LogP contribution in [0.2, 0.25) is 0 Å². The molecule has 0 aliphatic carbocycles. The van der Waals surface area contributed by atoms with E-state index >= 15 is 0 Å². The van der Waals surface area contributed by atoms with Gasteiger partial charge in [-0.05, 0) is 54.9 Å². The van der Waals surface area contributed by atoms with E-state index in [0.29, 0.717) is 6.04 Å². The summed E-state index contributed by atoms with van der Waals surface area (Å²) < 4.78 is 0. The summed E-state index contributed by atoms with van der Waals surface area (Å²) in [6.45, 7) is 5.41. The lowest BCUT2D eigenvalue weighted by Gasteiger charge is -2.19. The summed E-state index contributed by atoms with van der Waals surface area (Å²) in [5, 5.41) is 5.81. The number of nitrogen functional groups attached to an aromatic ring is 1. The van der Waals surface area contributed by atoms with Crippen LogP contribution in [0.1, 0.15) is 35.4 Å². The summed E-state index contributed by atoms with van der Waals surface area (Å²) >= 11 is 1.83. The van der Waals surface area contributed by atoms with Crippen molar-refractivity contribution < 1.29 is 0 Å². The number of hydrogen-bond acceptors (Lipinski definition) is 3. The zero-order valence-electron chi connectivity index (χ0n) is 11.6. The first-order valence-electron chi connectivity index (χ1n) is 6.83. The van der Waals surface area contributed by atoms with Gasteiger partial charge in [0, 0.05) is 16.6 Å². The minimum absolute atomic E-state index is 0.365. The van der Waals surface area contributed by atoms with E-state index in [9.17, 15) is 0 Å². The van der Waals surface area contributed by atoms with Crippen LogP contribution in [0.5, 0.6) is 0 Å². The second kappa shape index (κ2) is 6.73. The van der Waals surface area contributed by atoms with E-state index in [0.717, 1.165) is 25.1 Å². The van der Waals surface area contributed by atoms with Gasteiger partial charge in [-0.15, -0.1) is 11.3 Å². The molecule has 0 fully saturated rings. The van der Waals surface area contributed by atoms with Gasteiger partial charge in [-0.3, -0.25) is 0 Å². The first-order chi connectivity index (χ1) is 9.22. The van der Waals surface area contributed by atoms with E-state index in [-0.39, 0.29) is 0 Å². The summed E-state index contributed by atoms with van der Waals surface area (Å²) in [5.41, 5.74) is 9.55. The van der Waals surface area contributed by atoms with Crippen LogP contribution in [0, 0.1) is 6.92 Å². The molecule has 0 amide bonds. The molecule has 1 heterocycles. The lowest BCUT2D eigenvalue weighted by molar-refractivity contribution is 0.535. The summed E-state index contributed by atoms with van der Waals surface area (Å²) in [7, 11) is 0. The Morgan fingerprint density at radius 3 is 2.68 bits per heavy atom. The van der Waals surface area contributed by atoms with Crippen LogP contribution in [0.3, 0.4) is 0 Å². The SMILES string of the molecule is CCCNC(Cc1ccccc1N)c1sccc1C. The number of rotatable bonds is 6. The molecule has 2 aromatic rings. The number of aryl methyl sites for hydroxylation is 1. The minimum Gasteiger partial charge on any atom is -0.399 e. The number of benzene rings is 1. The number of anilines is 1. The molecule has 0 aliphatic rings. The molecular weight excluding hydrogens is 252 g/mol. The van der Waals surface area contributed by atoms with Gasteiger partial charge in [0.2, 0.25) is 0 Å². The zero-order valence-corrected chi connectivity index (χ0v) is 12.5. The average Bonchev–Trinajstić information content (AvgIpc) is 2.83. The third-order valence-electron chi connectivity index (χ3n) is 3.34. The monoisotopic (exact) mass is 274 g/mol. The Labute approximate surface area is 119 Å². The Bertz CT molecular complexity index is 519.